The van der Waals surface area contributed by atoms with E-state index in [0.717, 1.165) is 12.2 Å². The summed E-state index contributed by atoms with van der Waals surface area (Å²) in [5, 5.41) is 4.20. The second-order valence-corrected chi connectivity index (χ2v) is 3.07. The topological polar surface area (TPSA) is 56.7 Å². The van der Waals surface area contributed by atoms with Crippen LogP contribution in [0.1, 0.15) is 12.5 Å². The Hall–Kier alpha value is -1.84. The summed E-state index contributed by atoms with van der Waals surface area (Å²) in [6, 6.07) is 5.50. The number of nitrogens with two attached hydrogens (primary N) is 1. The largest absolute Gasteiger partial charge is 0.384 e. The monoisotopic (exact) mass is 188 g/mol. The third kappa shape index (κ3) is 1.59. The molecular weight excluding hydrogens is 176 g/mol. The van der Waals surface area contributed by atoms with Crippen LogP contribution in [0.5, 0.6) is 0 Å². The van der Waals surface area contributed by atoms with E-state index in [0.29, 0.717) is 5.82 Å². The van der Waals surface area contributed by atoms with Crippen LogP contribution < -0.4 is 5.73 Å². The van der Waals surface area contributed by atoms with Crippen LogP contribution in [0.4, 0.5) is 5.82 Å². The molecule has 0 saturated carbocycles. The SMILES string of the molecule is CCc1cnn(-c2cccc(N)n2)c1. The molecule has 0 unspecified atom stereocenters. The number of nitrogens with zero attached hydrogens (tertiary/aromatic N) is 3. The minimum atomic E-state index is 0.510. The first kappa shape index (κ1) is 8.74. The molecule has 0 amide bonds. The van der Waals surface area contributed by atoms with Crippen LogP contribution in [0.3, 0.4) is 0 Å². The average Bonchev–Trinajstić information content (AvgIpc) is 2.66. The molecule has 0 radical (unpaired) electrons. The highest BCUT2D eigenvalue weighted by Crippen LogP contribution is 2.07. The summed E-state index contributed by atoms with van der Waals surface area (Å²) < 4.78 is 1.73. The first-order valence-electron chi connectivity index (χ1n) is 4.56. The van der Waals surface area contributed by atoms with Gasteiger partial charge in [0.1, 0.15) is 5.82 Å². The smallest absolute Gasteiger partial charge is 0.155 e. The van der Waals surface area contributed by atoms with Gasteiger partial charge in [0.15, 0.2) is 5.82 Å². The summed E-state index contributed by atoms with van der Waals surface area (Å²) in [4.78, 5) is 4.17. The number of anilines is 1. The van der Waals surface area contributed by atoms with Crippen LogP contribution in [0.15, 0.2) is 30.6 Å². The summed E-state index contributed by atoms with van der Waals surface area (Å²) in [5.41, 5.74) is 6.77. The van der Waals surface area contributed by atoms with Gasteiger partial charge in [-0.3, -0.25) is 0 Å². The fraction of sp³-hybridized carbons (Fsp3) is 0.200. The Morgan fingerprint density at radius 3 is 2.93 bits per heavy atom. The van der Waals surface area contributed by atoms with Crippen molar-refractivity contribution in [1.29, 1.82) is 0 Å². The van der Waals surface area contributed by atoms with Crippen molar-refractivity contribution in [2.45, 2.75) is 13.3 Å². The molecule has 2 heterocycles. The summed E-state index contributed by atoms with van der Waals surface area (Å²) in [7, 11) is 0. The number of pyridine rings is 1. The van der Waals surface area contributed by atoms with Crippen LogP contribution in [0.2, 0.25) is 0 Å². The molecule has 2 aromatic rings. The Morgan fingerprint density at radius 1 is 1.43 bits per heavy atom. The Bertz CT molecular complexity index is 433. The van der Waals surface area contributed by atoms with E-state index < -0.39 is 0 Å². The summed E-state index contributed by atoms with van der Waals surface area (Å²) >= 11 is 0. The van der Waals surface area contributed by atoms with Gasteiger partial charge in [0.25, 0.3) is 0 Å². The molecule has 0 aliphatic carbocycles. The summed E-state index contributed by atoms with van der Waals surface area (Å²) in [6.07, 6.45) is 4.77. The van der Waals surface area contributed by atoms with E-state index in [9.17, 15) is 0 Å². The van der Waals surface area contributed by atoms with Gasteiger partial charge < -0.3 is 5.73 Å². The zero-order valence-electron chi connectivity index (χ0n) is 8.01. The van der Waals surface area contributed by atoms with Crippen LogP contribution in [-0.4, -0.2) is 14.8 Å². The first-order chi connectivity index (χ1) is 6.79. The lowest BCUT2D eigenvalue weighted by Gasteiger charge is -1.99. The van der Waals surface area contributed by atoms with Gasteiger partial charge in [-0.05, 0) is 24.1 Å². The highest BCUT2D eigenvalue weighted by atomic mass is 15.3. The maximum atomic E-state index is 5.58. The molecule has 2 rings (SSSR count). The zero-order valence-corrected chi connectivity index (χ0v) is 8.01. The van der Waals surface area contributed by atoms with Gasteiger partial charge in [0.05, 0.1) is 6.20 Å². The highest BCUT2D eigenvalue weighted by molar-refractivity contribution is 5.35. The third-order valence-electron chi connectivity index (χ3n) is 2.03. The molecule has 4 nitrogen and oxygen atoms in total. The van der Waals surface area contributed by atoms with Crippen molar-refractivity contribution in [1.82, 2.24) is 14.8 Å². The zero-order chi connectivity index (χ0) is 9.97. The molecule has 0 aliphatic rings. The van der Waals surface area contributed by atoms with E-state index in [4.69, 9.17) is 5.73 Å². The van der Waals surface area contributed by atoms with Crippen LogP contribution in [0, 0.1) is 0 Å². The van der Waals surface area contributed by atoms with E-state index in [-0.39, 0.29) is 0 Å². The minimum Gasteiger partial charge on any atom is -0.384 e. The van der Waals surface area contributed by atoms with Crippen molar-refractivity contribution in [3.8, 4) is 5.82 Å². The first-order valence-corrected chi connectivity index (χ1v) is 4.56. The number of nitrogen functional groups attached to an aromatic ring is 1. The lowest BCUT2D eigenvalue weighted by molar-refractivity contribution is 0.848. The third-order valence-corrected chi connectivity index (χ3v) is 2.03. The Balaban J connectivity index is 2.39. The molecule has 0 spiro atoms. The predicted molar refractivity (Wildman–Crippen MR) is 55.1 cm³/mol. The van der Waals surface area contributed by atoms with Crippen molar-refractivity contribution >= 4 is 5.82 Å². The lowest BCUT2D eigenvalue weighted by atomic mass is 10.3. The molecule has 0 fully saturated rings. The number of hydrogen-bond donors (Lipinski definition) is 1. The van der Waals surface area contributed by atoms with Gasteiger partial charge in [-0.1, -0.05) is 13.0 Å². The van der Waals surface area contributed by atoms with Crippen molar-refractivity contribution in [2.75, 3.05) is 5.73 Å². The quantitative estimate of drug-likeness (QED) is 0.775. The molecule has 4 heteroatoms. The number of rotatable bonds is 2. The van der Waals surface area contributed by atoms with Gasteiger partial charge in [-0.25, -0.2) is 9.67 Å². The molecule has 14 heavy (non-hydrogen) atoms. The maximum absolute atomic E-state index is 5.58. The van der Waals surface area contributed by atoms with Gasteiger partial charge >= 0.3 is 0 Å². The highest BCUT2D eigenvalue weighted by Gasteiger charge is 2.00. The lowest BCUT2D eigenvalue weighted by Crippen LogP contribution is -1.99. The van der Waals surface area contributed by atoms with E-state index in [2.05, 4.69) is 17.0 Å². The number of hydrogen-bond acceptors (Lipinski definition) is 3. The Morgan fingerprint density at radius 2 is 2.29 bits per heavy atom. The molecule has 0 aromatic carbocycles. The van der Waals surface area contributed by atoms with Crippen LogP contribution in [-0.2, 0) is 6.42 Å². The van der Waals surface area contributed by atoms with Crippen molar-refractivity contribution in [2.24, 2.45) is 0 Å². The standard InChI is InChI=1S/C10H12N4/c1-2-8-6-12-14(7-8)10-5-3-4-9(11)13-10/h3-7H,2H2,1H3,(H2,11,13). The van der Waals surface area contributed by atoms with E-state index >= 15 is 0 Å². The van der Waals surface area contributed by atoms with E-state index in [1.165, 1.54) is 5.56 Å². The predicted octanol–water partition coefficient (Wildman–Crippen LogP) is 1.41. The minimum absolute atomic E-state index is 0.510. The summed E-state index contributed by atoms with van der Waals surface area (Å²) in [6.45, 7) is 2.09. The molecule has 0 bridgehead atoms. The number of aromatic nitrogens is 3. The van der Waals surface area contributed by atoms with Gasteiger partial charge in [-0.2, -0.15) is 5.10 Å². The molecular formula is C10H12N4. The van der Waals surface area contributed by atoms with Gasteiger partial charge in [0.2, 0.25) is 0 Å². The van der Waals surface area contributed by atoms with Crippen molar-refractivity contribution < 1.29 is 0 Å². The molecule has 0 atom stereocenters. The van der Waals surface area contributed by atoms with E-state index in [1.54, 1.807) is 10.7 Å². The fourth-order valence-corrected chi connectivity index (χ4v) is 1.24. The molecule has 2 N–H and O–H groups in total. The average molecular weight is 188 g/mol. The fourth-order valence-electron chi connectivity index (χ4n) is 1.24. The summed E-state index contributed by atoms with van der Waals surface area (Å²) in [5.74, 6) is 1.26. The van der Waals surface area contributed by atoms with Gasteiger partial charge in [0, 0.05) is 6.20 Å². The Kier molecular flexibility index (Phi) is 2.18. The normalized spacial score (nSPS) is 10.4. The van der Waals surface area contributed by atoms with E-state index in [1.807, 2.05) is 24.5 Å². The number of aryl methyl sites for hydroxylation is 1. The Labute approximate surface area is 82.4 Å². The molecule has 72 valence electrons. The molecule has 0 saturated heterocycles. The molecule has 2 aromatic heterocycles. The van der Waals surface area contributed by atoms with Crippen LogP contribution in [0.25, 0.3) is 5.82 Å². The second-order valence-electron chi connectivity index (χ2n) is 3.07. The maximum Gasteiger partial charge on any atom is 0.155 e. The van der Waals surface area contributed by atoms with Crippen LogP contribution >= 0.6 is 0 Å². The molecule has 0 aliphatic heterocycles. The van der Waals surface area contributed by atoms with Crippen molar-refractivity contribution in [3.63, 3.8) is 0 Å². The van der Waals surface area contributed by atoms with Crippen molar-refractivity contribution in [3.05, 3.63) is 36.2 Å². The van der Waals surface area contributed by atoms with Gasteiger partial charge in [-0.15, -0.1) is 0 Å². The second kappa shape index (κ2) is 3.49.